The molecule has 0 radical (unpaired) electrons. The first kappa shape index (κ1) is 44.5. The first-order chi connectivity index (χ1) is 35.7. The fraction of sp³-hybridized carbons (Fsp3) is 0.167. The van der Waals surface area contributed by atoms with Gasteiger partial charge in [-0.05, 0) is 167 Å². The zero-order valence-electron chi connectivity index (χ0n) is 43.7. The first-order valence-corrected chi connectivity index (χ1v) is 26.5. The van der Waals surface area contributed by atoms with Gasteiger partial charge in [0.05, 0.1) is 22.7 Å². The zero-order chi connectivity index (χ0) is 50.5. The number of anilines is 6. The predicted molar refractivity (Wildman–Crippen MR) is 314 cm³/mol. The molecular weight excluding hydrogens is 893 g/mol. The van der Waals surface area contributed by atoms with Crippen molar-refractivity contribution in [3.05, 3.63) is 262 Å². The first-order valence-electron chi connectivity index (χ1n) is 26.5. The fourth-order valence-corrected chi connectivity index (χ4v) is 13.6. The number of benzene rings is 10. The van der Waals surface area contributed by atoms with Crippen LogP contribution in [0.15, 0.2) is 206 Å². The van der Waals surface area contributed by atoms with E-state index in [0.717, 1.165) is 0 Å². The lowest BCUT2D eigenvalue weighted by Gasteiger charge is -2.43. The third-order valence-electron chi connectivity index (χ3n) is 17.8. The molecule has 2 heteroatoms. The molecule has 0 aromatic heterocycles. The molecule has 0 amide bonds. The van der Waals surface area contributed by atoms with Crippen molar-refractivity contribution in [1.29, 1.82) is 0 Å². The number of nitrogens with zero attached hydrogens (tertiary/aromatic N) is 2. The van der Waals surface area contributed by atoms with Crippen molar-refractivity contribution in [3.8, 4) is 33.4 Å². The summed E-state index contributed by atoms with van der Waals surface area (Å²) < 4.78 is 0. The SMILES string of the molecule is CC1(C)c2cc(/C=C/c3ccc(-c4ccc5c(c4)C(C)(C)c4cc6c(cc4-5)C(C)(C)c4ccccc4N6c4ccc5ccccc5c4)cc3)ccc2-c2cc3c(cc21)N(c1ccccc1)c1ccccc1C3(C)C. The Morgan fingerprint density at radius 3 is 1.35 bits per heavy atom. The highest BCUT2D eigenvalue weighted by molar-refractivity contribution is 5.96. The second-order valence-electron chi connectivity index (χ2n) is 23.4. The second kappa shape index (κ2) is 15.7. The highest BCUT2D eigenvalue weighted by atomic mass is 15.2. The van der Waals surface area contributed by atoms with Gasteiger partial charge in [-0.2, -0.15) is 0 Å². The smallest absolute Gasteiger partial charge is 0.0506 e. The Labute approximate surface area is 436 Å². The van der Waals surface area contributed by atoms with Crippen LogP contribution in [0.2, 0.25) is 0 Å². The quantitative estimate of drug-likeness (QED) is 0.159. The molecule has 14 rings (SSSR count). The maximum absolute atomic E-state index is 2.52. The molecule has 0 saturated heterocycles. The van der Waals surface area contributed by atoms with E-state index in [-0.39, 0.29) is 21.7 Å². The number of rotatable bonds is 5. The lowest BCUT2D eigenvalue weighted by atomic mass is 9.71. The largest absolute Gasteiger partial charge is 0.310 e. The summed E-state index contributed by atoms with van der Waals surface area (Å²) in [6.45, 7) is 19.2. The van der Waals surface area contributed by atoms with Gasteiger partial charge in [-0.1, -0.05) is 207 Å². The van der Waals surface area contributed by atoms with Gasteiger partial charge in [0.25, 0.3) is 0 Å². The van der Waals surface area contributed by atoms with Gasteiger partial charge >= 0.3 is 0 Å². The van der Waals surface area contributed by atoms with E-state index in [0.29, 0.717) is 0 Å². The van der Waals surface area contributed by atoms with E-state index in [4.69, 9.17) is 0 Å². The van der Waals surface area contributed by atoms with E-state index in [1.807, 2.05) is 0 Å². The molecule has 0 atom stereocenters. The van der Waals surface area contributed by atoms with Gasteiger partial charge in [0.1, 0.15) is 0 Å². The van der Waals surface area contributed by atoms with Crippen molar-refractivity contribution in [2.24, 2.45) is 0 Å². The van der Waals surface area contributed by atoms with Crippen molar-refractivity contribution in [1.82, 2.24) is 0 Å². The van der Waals surface area contributed by atoms with Crippen LogP contribution < -0.4 is 9.80 Å². The molecule has 0 unspecified atom stereocenters. The summed E-state index contributed by atoms with van der Waals surface area (Å²) in [4.78, 5) is 4.99. The Kier molecular flexibility index (Phi) is 9.41. The Hall–Kier alpha value is -8.20. The Bertz CT molecular complexity index is 4010. The Morgan fingerprint density at radius 1 is 0.270 bits per heavy atom. The van der Waals surface area contributed by atoms with Crippen LogP contribution in [0, 0.1) is 0 Å². The third kappa shape index (κ3) is 6.37. The summed E-state index contributed by atoms with van der Waals surface area (Å²) in [6, 6.07) is 77.8. The van der Waals surface area contributed by atoms with Crippen molar-refractivity contribution < 1.29 is 0 Å². The van der Waals surface area contributed by atoms with Crippen LogP contribution in [-0.4, -0.2) is 0 Å². The summed E-state index contributed by atoms with van der Waals surface area (Å²) >= 11 is 0. The maximum Gasteiger partial charge on any atom is 0.0506 e. The summed E-state index contributed by atoms with van der Waals surface area (Å²) in [5.41, 5.74) is 27.9. The summed E-state index contributed by atoms with van der Waals surface area (Å²) in [6.07, 6.45) is 4.55. The molecule has 2 heterocycles. The van der Waals surface area contributed by atoms with Crippen molar-refractivity contribution >= 4 is 57.0 Å². The Morgan fingerprint density at radius 2 is 0.730 bits per heavy atom. The van der Waals surface area contributed by atoms with E-state index >= 15 is 0 Å². The van der Waals surface area contributed by atoms with Crippen LogP contribution in [0.1, 0.15) is 111 Å². The van der Waals surface area contributed by atoms with E-state index in [1.54, 1.807) is 0 Å². The van der Waals surface area contributed by atoms with Crippen LogP contribution in [0.25, 0.3) is 56.3 Å². The Balaban J connectivity index is 0.761. The minimum absolute atomic E-state index is 0.158. The van der Waals surface area contributed by atoms with Crippen LogP contribution in [0.5, 0.6) is 0 Å². The summed E-state index contributed by atoms with van der Waals surface area (Å²) in [5.74, 6) is 0. The van der Waals surface area contributed by atoms with E-state index in [9.17, 15) is 0 Å². The topological polar surface area (TPSA) is 6.48 Å². The number of fused-ring (bicyclic) bond motifs is 11. The third-order valence-corrected chi connectivity index (χ3v) is 17.8. The molecule has 2 aliphatic carbocycles. The standard InChI is InChI=1S/C72H60N2/c1-69(2)57-22-14-16-24-65(57)73(51-20-10-9-11-21-51)67-43-61-55(41-63(67)69)53-36-30-46(38-59(53)71(61,5)6)27-26-45-28-31-48(32-29-45)50-34-37-54-56-42-64-68(44-62(56)72(7,8)60(54)40-50)74(66-25-17-15-23-58(66)70(64,3)4)52-35-33-47-18-12-13-19-49(47)39-52/h9-44H,1-8H3/b27-26+. The average Bonchev–Trinajstić information content (AvgIpc) is 3.78. The molecule has 0 N–H and O–H groups in total. The van der Waals surface area contributed by atoms with E-state index in [2.05, 4.69) is 284 Å². The monoisotopic (exact) mass is 952 g/mol. The fourth-order valence-electron chi connectivity index (χ4n) is 13.6. The lowest BCUT2D eigenvalue weighted by Crippen LogP contribution is -2.31. The highest BCUT2D eigenvalue weighted by Crippen LogP contribution is 2.60. The molecular formula is C72H60N2. The van der Waals surface area contributed by atoms with Crippen LogP contribution in [0.4, 0.5) is 34.1 Å². The van der Waals surface area contributed by atoms with Gasteiger partial charge in [0.15, 0.2) is 0 Å². The summed E-state index contributed by atoms with van der Waals surface area (Å²) in [7, 11) is 0. The molecule has 4 aliphatic rings. The highest BCUT2D eigenvalue weighted by Gasteiger charge is 2.44. The van der Waals surface area contributed by atoms with Crippen LogP contribution in [0.3, 0.4) is 0 Å². The predicted octanol–water partition coefficient (Wildman–Crippen LogP) is 19.5. The van der Waals surface area contributed by atoms with Crippen LogP contribution in [-0.2, 0) is 21.7 Å². The molecule has 10 aromatic carbocycles. The minimum atomic E-state index is -0.190. The van der Waals surface area contributed by atoms with E-state index in [1.165, 1.54) is 134 Å². The summed E-state index contributed by atoms with van der Waals surface area (Å²) in [5, 5.41) is 2.51. The number of hydrogen-bond acceptors (Lipinski definition) is 2. The molecule has 10 aromatic rings. The van der Waals surface area contributed by atoms with Crippen LogP contribution >= 0.6 is 0 Å². The molecule has 0 saturated carbocycles. The average molecular weight is 953 g/mol. The lowest BCUT2D eigenvalue weighted by molar-refractivity contribution is 0.627. The van der Waals surface area contributed by atoms with E-state index < -0.39 is 0 Å². The molecule has 74 heavy (non-hydrogen) atoms. The second-order valence-corrected chi connectivity index (χ2v) is 23.4. The zero-order valence-corrected chi connectivity index (χ0v) is 43.7. The van der Waals surface area contributed by atoms with Gasteiger partial charge < -0.3 is 9.80 Å². The molecule has 2 aliphatic heterocycles. The van der Waals surface area contributed by atoms with Gasteiger partial charge in [-0.15, -0.1) is 0 Å². The maximum atomic E-state index is 2.52. The number of para-hydroxylation sites is 3. The molecule has 0 fully saturated rings. The van der Waals surface area contributed by atoms with Gasteiger partial charge in [0, 0.05) is 33.0 Å². The van der Waals surface area contributed by atoms with Gasteiger partial charge in [-0.3, -0.25) is 0 Å². The van der Waals surface area contributed by atoms with Gasteiger partial charge in [0.2, 0.25) is 0 Å². The molecule has 0 spiro atoms. The minimum Gasteiger partial charge on any atom is -0.310 e. The molecule has 2 nitrogen and oxygen atoms in total. The molecule has 0 bridgehead atoms. The normalized spacial score (nSPS) is 16.4. The molecule has 358 valence electrons. The van der Waals surface area contributed by atoms with Crippen molar-refractivity contribution in [3.63, 3.8) is 0 Å². The van der Waals surface area contributed by atoms with Crippen molar-refractivity contribution in [2.45, 2.75) is 77.0 Å². The number of hydrogen-bond donors (Lipinski definition) is 0. The van der Waals surface area contributed by atoms with Gasteiger partial charge in [-0.25, -0.2) is 0 Å². The van der Waals surface area contributed by atoms with Crippen molar-refractivity contribution in [2.75, 3.05) is 9.80 Å².